The third-order valence-corrected chi connectivity index (χ3v) is 6.19. The van der Waals surface area contributed by atoms with Gasteiger partial charge in [0.25, 0.3) is 5.91 Å². The van der Waals surface area contributed by atoms with Gasteiger partial charge in [-0.25, -0.2) is 4.98 Å². The van der Waals surface area contributed by atoms with Crippen LogP contribution < -0.4 is 9.64 Å². The topological polar surface area (TPSA) is 69.5 Å². The van der Waals surface area contributed by atoms with Crippen molar-refractivity contribution in [2.24, 2.45) is 0 Å². The molecule has 1 aliphatic heterocycles. The number of alkyl halides is 6. The Bertz CT molecular complexity index is 1440. The molecule has 0 radical (unpaired) electrons. The quantitative estimate of drug-likeness (QED) is 0.329. The molecule has 202 valence electrons. The molecular weight excluding hydrogens is 526 g/mol. The van der Waals surface area contributed by atoms with Gasteiger partial charge in [0.1, 0.15) is 17.1 Å². The van der Waals surface area contributed by atoms with E-state index in [0.29, 0.717) is 16.8 Å². The van der Waals surface area contributed by atoms with E-state index in [2.05, 4.69) is 9.72 Å². The van der Waals surface area contributed by atoms with Crippen molar-refractivity contribution in [3.8, 4) is 11.8 Å². The van der Waals surface area contributed by atoms with Gasteiger partial charge in [-0.2, -0.15) is 18.4 Å². The summed E-state index contributed by atoms with van der Waals surface area (Å²) in [6, 6.07) is 14.9. The molecule has 39 heavy (non-hydrogen) atoms. The molecular formula is C27H20F6N4O2. The van der Waals surface area contributed by atoms with Gasteiger partial charge in [-0.15, -0.1) is 13.2 Å². The van der Waals surface area contributed by atoms with Gasteiger partial charge >= 0.3 is 12.5 Å². The molecule has 4 rings (SSSR count). The maximum Gasteiger partial charge on any atom is 0.573 e. The fourth-order valence-electron chi connectivity index (χ4n) is 4.18. The van der Waals surface area contributed by atoms with Gasteiger partial charge in [-0.3, -0.25) is 9.69 Å². The number of ether oxygens (including phenoxy) is 1. The lowest BCUT2D eigenvalue weighted by atomic mass is 10.1. The Morgan fingerprint density at radius 1 is 1.03 bits per heavy atom. The lowest BCUT2D eigenvalue weighted by Crippen LogP contribution is -2.34. The number of nitriles is 1. The van der Waals surface area contributed by atoms with Crippen LogP contribution in [0.1, 0.15) is 41.5 Å². The first kappa shape index (κ1) is 27.5. The number of likely N-dealkylation sites (N-methyl/N-ethyl adjacent to an activating group) is 1. The third-order valence-electron chi connectivity index (χ3n) is 6.19. The minimum absolute atomic E-state index is 0.0648. The van der Waals surface area contributed by atoms with Gasteiger partial charge in [0, 0.05) is 12.7 Å². The van der Waals surface area contributed by atoms with Gasteiger partial charge in [0.15, 0.2) is 0 Å². The van der Waals surface area contributed by atoms with Crippen LogP contribution in [0.2, 0.25) is 0 Å². The summed E-state index contributed by atoms with van der Waals surface area (Å²) in [6.45, 7) is 1.58. The number of pyridine rings is 1. The highest BCUT2D eigenvalue weighted by Crippen LogP contribution is 2.40. The average Bonchev–Trinajstić information content (AvgIpc) is 3.23. The van der Waals surface area contributed by atoms with Crippen LogP contribution in [0.4, 0.5) is 32.0 Å². The highest BCUT2D eigenvalue weighted by Gasteiger charge is 2.39. The number of halogens is 6. The van der Waals surface area contributed by atoms with E-state index in [4.69, 9.17) is 5.26 Å². The zero-order valence-electron chi connectivity index (χ0n) is 20.5. The predicted octanol–water partition coefficient (Wildman–Crippen LogP) is 6.54. The van der Waals surface area contributed by atoms with Crippen LogP contribution in [0, 0.1) is 11.3 Å². The summed E-state index contributed by atoms with van der Waals surface area (Å²) in [7, 11) is 1.51. The Balaban J connectivity index is 1.74. The molecule has 2 atom stereocenters. The van der Waals surface area contributed by atoms with Crippen LogP contribution >= 0.6 is 0 Å². The SMILES string of the molecule is C[C@H](c1cccc(C(F)(F)F)n1)N(C)C1=CC(c2cccc(OC(F)(F)F)c2)N(c2ccc(C#N)cc2)C1=O. The van der Waals surface area contributed by atoms with Crippen LogP contribution in [0.15, 0.2) is 78.5 Å². The van der Waals surface area contributed by atoms with Crippen molar-refractivity contribution >= 4 is 11.6 Å². The molecule has 2 heterocycles. The fourth-order valence-corrected chi connectivity index (χ4v) is 4.18. The number of anilines is 1. The largest absolute Gasteiger partial charge is 0.573 e. The Kier molecular flexibility index (Phi) is 7.28. The van der Waals surface area contributed by atoms with Crippen molar-refractivity contribution in [1.82, 2.24) is 9.88 Å². The number of benzene rings is 2. The first-order chi connectivity index (χ1) is 18.3. The molecule has 0 N–H and O–H groups in total. The Labute approximate surface area is 219 Å². The van der Waals surface area contributed by atoms with Crippen LogP contribution in [-0.2, 0) is 11.0 Å². The number of aromatic nitrogens is 1. The van der Waals surface area contributed by atoms with E-state index < -0.39 is 42.0 Å². The first-order valence-electron chi connectivity index (χ1n) is 11.5. The normalized spacial score (nSPS) is 16.5. The molecule has 3 aromatic rings. The number of hydrogen-bond donors (Lipinski definition) is 0. The minimum Gasteiger partial charge on any atom is -0.406 e. The van der Waals surface area contributed by atoms with Crippen molar-refractivity contribution in [3.63, 3.8) is 0 Å². The number of carbonyl (C=O) groups excluding carboxylic acids is 1. The van der Waals surface area contributed by atoms with Crippen molar-refractivity contribution in [2.45, 2.75) is 31.5 Å². The van der Waals surface area contributed by atoms with E-state index in [9.17, 15) is 31.1 Å². The van der Waals surface area contributed by atoms with E-state index in [1.165, 1.54) is 71.5 Å². The molecule has 0 aliphatic carbocycles. The molecule has 0 fully saturated rings. The Morgan fingerprint density at radius 2 is 1.69 bits per heavy atom. The second-order valence-electron chi connectivity index (χ2n) is 8.68. The fraction of sp³-hybridized carbons (Fsp3) is 0.222. The maximum absolute atomic E-state index is 13.7. The number of carbonyl (C=O) groups is 1. The summed E-state index contributed by atoms with van der Waals surface area (Å²) in [5.41, 5.74) is 0.0640. The minimum atomic E-state index is -4.93. The van der Waals surface area contributed by atoms with E-state index >= 15 is 0 Å². The van der Waals surface area contributed by atoms with Crippen molar-refractivity contribution in [2.75, 3.05) is 11.9 Å². The van der Waals surface area contributed by atoms with Gasteiger partial charge in [0.05, 0.1) is 29.4 Å². The summed E-state index contributed by atoms with van der Waals surface area (Å²) in [5.74, 6) is -1.03. The number of nitrogens with zero attached hydrogens (tertiary/aromatic N) is 4. The maximum atomic E-state index is 13.7. The van der Waals surface area contributed by atoms with Crippen molar-refractivity contribution in [3.05, 3.63) is 101 Å². The molecule has 0 saturated carbocycles. The number of rotatable bonds is 6. The summed E-state index contributed by atoms with van der Waals surface area (Å²) in [5, 5.41) is 9.12. The molecule has 12 heteroatoms. The number of hydrogen-bond acceptors (Lipinski definition) is 5. The molecule has 1 amide bonds. The zero-order chi connectivity index (χ0) is 28.5. The van der Waals surface area contributed by atoms with E-state index in [1.807, 2.05) is 6.07 Å². The summed E-state index contributed by atoms with van der Waals surface area (Å²) in [4.78, 5) is 20.2. The predicted molar refractivity (Wildman–Crippen MR) is 128 cm³/mol. The first-order valence-corrected chi connectivity index (χ1v) is 11.5. The molecule has 6 nitrogen and oxygen atoms in total. The average molecular weight is 546 g/mol. The second kappa shape index (κ2) is 10.3. The summed E-state index contributed by atoms with van der Waals surface area (Å²) in [6.07, 6.45) is -8.07. The van der Waals surface area contributed by atoms with Crippen molar-refractivity contribution < 1.29 is 35.9 Å². The Morgan fingerprint density at radius 3 is 2.31 bits per heavy atom. The summed E-state index contributed by atoms with van der Waals surface area (Å²) >= 11 is 0. The van der Waals surface area contributed by atoms with Crippen molar-refractivity contribution in [1.29, 1.82) is 5.26 Å². The molecule has 2 aromatic carbocycles. The van der Waals surface area contributed by atoms with Gasteiger partial charge in [-0.1, -0.05) is 18.2 Å². The Hall–Kier alpha value is -4.53. The van der Waals surface area contributed by atoms with E-state index in [-0.39, 0.29) is 11.4 Å². The van der Waals surface area contributed by atoms with Crippen LogP contribution in [-0.4, -0.2) is 29.2 Å². The molecule has 0 saturated heterocycles. The molecule has 0 bridgehead atoms. The monoisotopic (exact) mass is 546 g/mol. The standard InChI is InChI=1S/C27H20F6N4O2/c1-16(21-7-4-8-24(35-21)26(28,29)30)36(2)23-14-22(18-5-3-6-20(13-18)39-27(31,32)33)37(25(23)38)19-11-9-17(15-34)10-12-19/h3-14,16,22H,1-2H3/t16-,22?/m1/s1. The molecule has 0 spiro atoms. The van der Waals surface area contributed by atoms with E-state index in [1.54, 1.807) is 6.92 Å². The van der Waals surface area contributed by atoms with Gasteiger partial charge in [-0.05, 0) is 67.1 Å². The van der Waals surface area contributed by atoms with Gasteiger partial charge < -0.3 is 9.64 Å². The zero-order valence-corrected chi connectivity index (χ0v) is 20.5. The lowest BCUT2D eigenvalue weighted by molar-refractivity contribution is -0.274. The van der Waals surface area contributed by atoms with Crippen LogP contribution in [0.3, 0.4) is 0 Å². The molecule has 1 aromatic heterocycles. The third kappa shape index (κ3) is 5.98. The van der Waals surface area contributed by atoms with Crippen LogP contribution in [0.5, 0.6) is 5.75 Å². The van der Waals surface area contributed by atoms with Crippen LogP contribution in [0.25, 0.3) is 0 Å². The lowest BCUT2D eigenvalue weighted by Gasteiger charge is -2.29. The molecule has 1 aliphatic rings. The second-order valence-corrected chi connectivity index (χ2v) is 8.68. The highest BCUT2D eigenvalue weighted by atomic mass is 19.4. The van der Waals surface area contributed by atoms with Gasteiger partial charge in [0.2, 0.25) is 0 Å². The molecule has 1 unspecified atom stereocenters. The smallest absolute Gasteiger partial charge is 0.406 e. The number of amides is 1. The highest BCUT2D eigenvalue weighted by molar-refractivity contribution is 6.08. The van der Waals surface area contributed by atoms with E-state index in [0.717, 1.165) is 18.2 Å². The summed E-state index contributed by atoms with van der Waals surface area (Å²) < 4.78 is 82.2.